The Morgan fingerprint density at radius 3 is 2.69 bits per heavy atom. The van der Waals surface area contributed by atoms with Gasteiger partial charge >= 0.3 is 0 Å². The molecule has 2 rings (SSSR count). The molecule has 3 N–H and O–H groups in total. The number of nitrogen functional groups attached to an aromatic ring is 1. The van der Waals surface area contributed by atoms with Crippen molar-refractivity contribution in [1.82, 2.24) is 5.32 Å². The van der Waals surface area contributed by atoms with Crippen molar-refractivity contribution in [3.63, 3.8) is 0 Å². The fourth-order valence-corrected chi connectivity index (χ4v) is 1.76. The van der Waals surface area contributed by atoms with Gasteiger partial charge in [-0.2, -0.15) is 0 Å². The monoisotopic (exact) mass is 260 g/mol. The normalized spacial score (nSPS) is 22.1. The Bertz CT molecular complexity index is 409. The van der Waals surface area contributed by atoms with E-state index in [9.17, 15) is 4.79 Å². The zero-order chi connectivity index (χ0) is 11.0. The first kappa shape index (κ1) is 13.1. The molecule has 0 radical (unpaired) electrons. The van der Waals surface area contributed by atoms with Crippen LogP contribution in [0.1, 0.15) is 23.7 Å². The molecule has 1 aliphatic rings. The summed E-state index contributed by atoms with van der Waals surface area (Å²) in [7, 11) is 0. The third-order valence-electron chi connectivity index (χ3n) is 2.66. The first-order valence-corrected chi connectivity index (χ1v) is 5.31. The molecule has 88 valence electrons. The first-order valence-electron chi connectivity index (χ1n) is 4.94. The molecule has 0 aliphatic heterocycles. The van der Waals surface area contributed by atoms with Gasteiger partial charge in [0.1, 0.15) is 0 Å². The number of hydrogen-bond donors (Lipinski definition) is 2. The number of halogens is 2. The van der Waals surface area contributed by atoms with Crippen molar-refractivity contribution in [2.75, 3.05) is 5.73 Å². The number of rotatable bonds is 2. The molecule has 1 fully saturated rings. The number of benzene rings is 1. The van der Waals surface area contributed by atoms with Crippen molar-refractivity contribution in [2.45, 2.75) is 19.4 Å². The lowest BCUT2D eigenvalue weighted by Gasteiger charge is -2.06. The molecule has 0 heterocycles. The zero-order valence-corrected chi connectivity index (χ0v) is 10.4. The molecule has 5 heteroatoms. The molecule has 0 bridgehead atoms. The van der Waals surface area contributed by atoms with Crippen LogP contribution in [-0.2, 0) is 0 Å². The lowest BCUT2D eigenvalue weighted by atomic mass is 10.2. The number of carbonyl (C=O) groups excluding carboxylic acids is 1. The Hall–Kier alpha value is -0.930. The SMILES string of the molecule is CC1CC1NC(=O)c1ccc(N)cc1Cl.Cl. The lowest BCUT2D eigenvalue weighted by Crippen LogP contribution is -2.26. The Labute approximate surface area is 106 Å². The molecule has 16 heavy (non-hydrogen) atoms. The second kappa shape index (κ2) is 4.93. The molecular formula is C11H14Cl2N2O. The fourth-order valence-electron chi connectivity index (χ4n) is 1.48. The van der Waals surface area contributed by atoms with Gasteiger partial charge in [0.2, 0.25) is 0 Å². The summed E-state index contributed by atoms with van der Waals surface area (Å²) >= 11 is 5.92. The predicted molar refractivity (Wildman–Crippen MR) is 68.1 cm³/mol. The molecule has 2 unspecified atom stereocenters. The molecule has 3 nitrogen and oxygen atoms in total. The van der Waals surface area contributed by atoms with Crippen molar-refractivity contribution >= 4 is 35.6 Å². The van der Waals surface area contributed by atoms with Gasteiger partial charge in [0, 0.05) is 11.7 Å². The third kappa shape index (κ3) is 2.80. The minimum absolute atomic E-state index is 0. The molecule has 1 amide bonds. The highest BCUT2D eigenvalue weighted by atomic mass is 35.5. The molecule has 1 aromatic rings. The second-order valence-corrected chi connectivity index (χ2v) is 4.44. The van der Waals surface area contributed by atoms with Gasteiger partial charge in [-0.3, -0.25) is 4.79 Å². The summed E-state index contributed by atoms with van der Waals surface area (Å²) in [5.41, 5.74) is 6.60. The van der Waals surface area contributed by atoms with E-state index in [4.69, 9.17) is 17.3 Å². The van der Waals surface area contributed by atoms with Gasteiger partial charge < -0.3 is 11.1 Å². The number of nitrogens with two attached hydrogens (primary N) is 1. The summed E-state index contributed by atoms with van der Waals surface area (Å²) in [6.07, 6.45) is 1.05. The molecule has 0 saturated heterocycles. The van der Waals surface area contributed by atoms with Gasteiger partial charge in [-0.25, -0.2) is 0 Å². The second-order valence-electron chi connectivity index (χ2n) is 4.03. The van der Waals surface area contributed by atoms with E-state index >= 15 is 0 Å². The Balaban J connectivity index is 0.00000128. The van der Waals surface area contributed by atoms with Crippen LogP contribution in [0.15, 0.2) is 18.2 Å². The maximum Gasteiger partial charge on any atom is 0.253 e. The number of nitrogens with one attached hydrogen (secondary N) is 1. The molecule has 2 atom stereocenters. The van der Waals surface area contributed by atoms with Crippen molar-refractivity contribution < 1.29 is 4.79 Å². The number of hydrogen-bond acceptors (Lipinski definition) is 2. The van der Waals surface area contributed by atoms with E-state index in [0.29, 0.717) is 28.2 Å². The van der Waals surface area contributed by atoms with Crippen molar-refractivity contribution in [1.29, 1.82) is 0 Å². The quantitative estimate of drug-likeness (QED) is 0.803. The van der Waals surface area contributed by atoms with Crippen LogP contribution in [0.4, 0.5) is 5.69 Å². The highest BCUT2D eigenvalue weighted by Crippen LogP contribution is 2.29. The molecule has 0 aromatic heterocycles. The Morgan fingerprint density at radius 2 is 2.19 bits per heavy atom. The van der Waals surface area contributed by atoms with E-state index < -0.39 is 0 Å². The smallest absolute Gasteiger partial charge is 0.253 e. The third-order valence-corrected chi connectivity index (χ3v) is 2.98. The fraction of sp³-hybridized carbons (Fsp3) is 0.364. The molecule has 0 spiro atoms. The summed E-state index contributed by atoms with van der Waals surface area (Å²) in [5, 5.41) is 3.32. The largest absolute Gasteiger partial charge is 0.399 e. The van der Waals surface area contributed by atoms with Crippen LogP contribution in [0, 0.1) is 5.92 Å². The van der Waals surface area contributed by atoms with Crippen LogP contribution >= 0.6 is 24.0 Å². The first-order chi connectivity index (χ1) is 7.08. The number of carbonyl (C=O) groups is 1. The van der Waals surface area contributed by atoms with E-state index in [1.807, 2.05) is 0 Å². The van der Waals surface area contributed by atoms with E-state index in [2.05, 4.69) is 12.2 Å². The Kier molecular flexibility index (Phi) is 4.05. The number of amides is 1. The van der Waals surface area contributed by atoms with Crippen LogP contribution in [0.3, 0.4) is 0 Å². The average molecular weight is 261 g/mol. The van der Waals surface area contributed by atoms with Crippen molar-refractivity contribution in [3.05, 3.63) is 28.8 Å². The topological polar surface area (TPSA) is 55.1 Å². The van der Waals surface area contributed by atoms with E-state index in [0.717, 1.165) is 6.42 Å². The molecule has 1 aromatic carbocycles. The van der Waals surface area contributed by atoms with Gasteiger partial charge in [-0.05, 0) is 30.5 Å². The Morgan fingerprint density at radius 1 is 1.56 bits per heavy atom. The summed E-state index contributed by atoms with van der Waals surface area (Å²) < 4.78 is 0. The lowest BCUT2D eigenvalue weighted by molar-refractivity contribution is 0.0949. The van der Waals surface area contributed by atoms with Gasteiger partial charge in [-0.15, -0.1) is 12.4 Å². The summed E-state index contributed by atoms with van der Waals surface area (Å²) in [4.78, 5) is 11.7. The number of anilines is 1. The summed E-state index contributed by atoms with van der Waals surface area (Å²) in [6.45, 7) is 2.11. The van der Waals surface area contributed by atoms with Gasteiger partial charge in [0.25, 0.3) is 5.91 Å². The highest BCUT2D eigenvalue weighted by molar-refractivity contribution is 6.34. The molecular weight excluding hydrogens is 247 g/mol. The van der Waals surface area contributed by atoms with Crippen LogP contribution in [0.5, 0.6) is 0 Å². The maximum atomic E-state index is 11.7. The van der Waals surface area contributed by atoms with Crippen LogP contribution < -0.4 is 11.1 Å². The van der Waals surface area contributed by atoms with Crippen LogP contribution in [0.2, 0.25) is 5.02 Å². The minimum Gasteiger partial charge on any atom is -0.399 e. The van der Waals surface area contributed by atoms with E-state index in [-0.39, 0.29) is 18.3 Å². The maximum absolute atomic E-state index is 11.7. The average Bonchev–Trinajstić information content (AvgIpc) is 2.81. The minimum atomic E-state index is -0.116. The van der Waals surface area contributed by atoms with Crippen LogP contribution in [-0.4, -0.2) is 11.9 Å². The van der Waals surface area contributed by atoms with Crippen molar-refractivity contribution in [3.8, 4) is 0 Å². The van der Waals surface area contributed by atoms with Crippen molar-refractivity contribution in [2.24, 2.45) is 5.92 Å². The standard InChI is InChI=1S/C11H13ClN2O.ClH/c1-6-4-10(6)14-11(15)8-3-2-7(13)5-9(8)12;/h2-3,5-6,10H,4,13H2,1H3,(H,14,15);1H. The van der Waals surface area contributed by atoms with Gasteiger partial charge in [-0.1, -0.05) is 18.5 Å². The van der Waals surface area contributed by atoms with E-state index in [1.165, 1.54) is 0 Å². The van der Waals surface area contributed by atoms with Crippen LogP contribution in [0.25, 0.3) is 0 Å². The van der Waals surface area contributed by atoms with Gasteiger partial charge in [0.15, 0.2) is 0 Å². The summed E-state index contributed by atoms with van der Waals surface area (Å²) in [5.74, 6) is 0.468. The van der Waals surface area contributed by atoms with Gasteiger partial charge in [0.05, 0.1) is 10.6 Å². The predicted octanol–water partition coefficient (Wildman–Crippen LogP) is 2.48. The van der Waals surface area contributed by atoms with E-state index in [1.54, 1.807) is 18.2 Å². The summed E-state index contributed by atoms with van der Waals surface area (Å²) in [6, 6.07) is 5.23. The molecule has 1 aliphatic carbocycles. The molecule has 1 saturated carbocycles. The highest BCUT2D eigenvalue weighted by Gasteiger charge is 2.34. The zero-order valence-electron chi connectivity index (χ0n) is 8.87.